The Bertz CT molecular complexity index is 958. The molecule has 0 bridgehead atoms. The van der Waals surface area contributed by atoms with Gasteiger partial charge in [0, 0.05) is 11.3 Å². The Morgan fingerprint density at radius 2 is 1.86 bits per heavy atom. The van der Waals surface area contributed by atoms with Gasteiger partial charge in [0.15, 0.2) is 5.11 Å². The molecule has 1 aromatic heterocycles. The fourth-order valence-electron chi connectivity index (χ4n) is 2.33. The summed E-state index contributed by atoms with van der Waals surface area (Å²) in [6, 6.07) is 16.8. The molecule has 0 unspecified atom stereocenters. The Hall–Kier alpha value is -2.91. The normalized spacial score (nSPS) is 10.4. The second-order valence-corrected chi connectivity index (χ2v) is 7.11. The lowest BCUT2D eigenvalue weighted by molar-refractivity contribution is 0.0977. The van der Waals surface area contributed by atoms with E-state index < -0.39 is 0 Å². The molecule has 28 heavy (non-hydrogen) atoms. The molecule has 1 amide bonds. The summed E-state index contributed by atoms with van der Waals surface area (Å²) >= 11 is 6.79. The molecule has 7 nitrogen and oxygen atoms in total. The van der Waals surface area contributed by atoms with Gasteiger partial charge in [-0.2, -0.15) is 0 Å². The molecule has 0 radical (unpaired) electrons. The number of nitrogens with one attached hydrogen (secondary N) is 2. The Labute approximate surface area is 172 Å². The minimum absolute atomic E-state index is 0.158. The summed E-state index contributed by atoms with van der Waals surface area (Å²) in [7, 11) is 1.57. The van der Waals surface area contributed by atoms with Gasteiger partial charge in [-0.1, -0.05) is 42.1 Å². The van der Waals surface area contributed by atoms with Crippen molar-refractivity contribution in [2.24, 2.45) is 0 Å². The zero-order chi connectivity index (χ0) is 19.9. The van der Waals surface area contributed by atoms with E-state index in [1.54, 1.807) is 43.0 Å². The van der Waals surface area contributed by atoms with Crippen LogP contribution in [0, 0.1) is 6.92 Å². The second-order valence-electron chi connectivity index (χ2n) is 5.76. The van der Waals surface area contributed by atoms with Gasteiger partial charge in [0.1, 0.15) is 11.6 Å². The summed E-state index contributed by atoms with van der Waals surface area (Å²) < 4.78 is 6.75. The lowest BCUT2D eigenvalue weighted by Crippen LogP contribution is -2.38. The van der Waals surface area contributed by atoms with Crippen LogP contribution in [0.15, 0.2) is 59.8 Å². The van der Waals surface area contributed by atoms with Crippen LogP contribution in [0.2, 0.25) is 0 Å². The standard InChI is InChI=1S/C19H19N5O2S2/c1-13-21-22-19(28-12-14-6-4-3-5-7-14)24(13)23-18(27)20-17(25)15-8-10-16(26-2)11-9-15/h3-11H,12H2,1-2H3,(H2,20,23,25,27). The summed E-state index contributed by atoms with van der Waals surface area (Å²) in [6.07, 6.45) is 0. The third-order valence-electron chi connectivity index (χ3n) is 3.80. The SMILES string of the molecule is COc1ccc(C(=O)NC(=S)Nn2c(C)nnc2SCc2ccccc2)cc1. The first-order valence-corrected chi connectivity index (χ1v) is 9.81. The average Bonchev–Trinajstić information content (AvgIpc) is 3.06. The van der Waals surface area contributed by atoms with Crippen molar-refractivity contribution in [3.05, 3.63) is 71.5 Å². The first-order valence-electron chi connectivity index (χ1n) is 8.42. The molecule has 0 saturated heterocycles. The highest BCUT2D eigenvalue weighted by Gasteiger charge is 2.13. The van der Waals surface area contributed by atoms with Gasteiger partial charge >= 0.3 is 0 Å². The minimum atomic E-state index is -0.315. The molecule has 3 aromatic rings. The molecule has 0 spiro atoms. The molecule has 0 aliphatic heterocycles. The summed E-state index contributed by atoms with van der Waals surface area (Å²) in [6.45, 7) is 1.81. The van der Waals surface area contributed by atoms with Gasteiger partial charge in [0.05, 0.1) is 7.11 Å². The number of aromatic nitrogens is 3. The number of hydrogen-bond acceptors (Lipinski definition) is 6. The average molecular weight is 414 g/mol. The van der Waals surface area contributed by atoms with Gasteiger partial charge in [0.2, 0.25) is 5.16 Å². The Morgan fingerprint density at radius 3 is 2.54 bits per heavy atom. The van der Waals surface area contributed by atoms with E-state index in [9.17, 15) is 4.79 Å². The third-order valence-corrected chi connectivity index (χ3v) is 4.99. The fraction of sp³-hybridized carbons (Fsp3) is 0.158. The number of methoxy groups -OCH3 is 1. The Morgan fingerprint density at radius 1 is 1.14 bits per heavy atom. The summed E-state index contributed by atoms with van der Waals surface area (Å²) in [5.74, 6) is 1.74. The predicted molar refractivity (Wildman–Crippen MR) is 113 cm³/mol. The first kappa shape index (κ1) is 19.8. The highest BCUT2D eigenvalue weighted by atomic mass is 32.2. The molecule has 0 saturated carbocycles. The van der Waals surface area contributed by atoms with Gasteiger partial charge in [-0.05, 0) is 49.0 Å². The van der Waals surface area contributed by atoms with E-state index in [1.165, 1.54) is 17.3 Å². The maximum absolute atomic E-state index is 12.3. The molecule has 0 atom stereocenters. The number of aryl methyl sites for hydroxylation is 1. The minimum Gasteiger partial charge on any atom is -0.497 e. The van der Waals surface area contributed by atoms with E-state index >= 15 is 0 Å². The number of carbonyl (C=O) groups is 1. The number of thioether (sulfide) groups is 1. The quantitative estimate of drug-likeness (QED) is 0.475. The van der Waals surface area contributed by atoms with Crippen molar-refractivity contribution in [1.29, 1.82) is 0 Å². The molecule has 9 heteroatoms. The van der Waals surface area contributed by atoms with Crippen LogP contribution >= 0.6 is 24.0 Å². The molecule has 0 aliphatic carbocycles. The molecule has 0 aliphatic rings. The third kappa shape index (κ3) is 5.08. The van der Waals surface area contributed by atoms with Crippen LogP contribution in [0.25, 0.3) is 0 Å². The van der Waals surface area contributed by atoms with Crippen molar-refractivity contribution in [1.82, 2.24) is 20.2 Å². The van der Waals surface area contributed by atoms with E-state index in [1.807, 2.05) is 30.3 Å². The van der Waals surface area contributed by atoms with Crippen LogP contribution in [-0.2, 0) is 5.75 Å². The summed E-state index contributed by atoms with van der Waals surface area (Å²) in [5, 5.41) is 11.7. The molecular formula is C19H19N5O2S2. The Balaban J connectivity index is 1.61. The first-order chi connectivity index (χ1) is 13.6. The van der Waals surface area contributed by atoms with Crippen LogP contribution in [0.5, 0.6) is 5.75 Å². The maximum Gasteiger partial charge on any atom is 0.257 e. The number of nitrogens with zero attached hydrogens (tertiary/aromatic N) is 3. The van der Waals surface area contributed by atoms with Crippen LogP contribution in [0.1, 0.15) is 21.7 Å². The molecule has 144 valence electrons. The number of ether oxygens (including phenoxy) is 1. The van der Waals surface area contributed by atoms with Crippen LogP contribution in [0.3, 0.4) is 0 Å². The van der Waals surface area contributed by atoms with Crippen molar-refractivity contribution in [3.8, 4) is 5.75 Å². The maximum atomic E-state index is 12.3. The number of carbonyl (C=O) groups excluding carboxylic acids is 1. The van der Waals surface area contributed by atoms with E-state index in [-0.39, 0.29) is 11.0 Å². The van der Waals surface area contributed by atoms with Gasteiger partial charge < -0.3 is 4.74 Å². The number of rotatable bonds is 6. The number of hydrogen-bond donors (Lipinski definition) is 2. The van der Waals surface area contributed by atoms with E-state index in [4.69, 9.17) is 17.0 Å². The van der Waals surface area contributed by atoms with Crippen molar-refractivity contribution in [2.75, 3.05) is 12.5 Å². The van der Waals surface area contributed by atoms with Gasteiger partial charge in [-0.25, -0.2) is 4.68 Å². The van der Waals surface area contributed by atoms with Crippen molar-refractivity contribution in [3.63, 3.8) is 0 Å². The van der Waals surface area contributed by atoms with E-state index in [0.29, 0.717) is 22.3 Å². The number of thiocarbonyl (C=S) groups is 1. The van der Waals surface area contributed by atoms with Crippen molar-refractivity contribution < 1.29 is 9.53 Å². The highest BCUT2D eigenvalue weighted by molar-refractivity contribution is 7.98. The molecular weight excluding hydrogens is 394 g/mol. The largest absolute Gasteiger partial charge is 0.497 e. The highest BCUT2D eigenvalue weighted by Crippen LogP contribution is 2.20. The smallest absolute Gasteiger partial charge is 0.257 e. The van der Waals surface area contributed by atoms with Crippen LogP contribution < -0.4 is 15.5 Å². The van der Waals surface area contributed by atoms with Crippen LogP contribution in [0.4, 0.5) is 0 Å². The molecule has 1 heterocycles. The number of benzene rings is 2. The topological polar surface area (TPSA) is 81.1 Å². The zero-order valence-corrected chi connectivity index (χ0v) is 17.0. The Kier molecular flexibility index (Phi) is 6.62. The fourth-order valence-corrected chi connectivity index (χ4v) is 3.41. The van der Waals surface area contributed by atoms with E-state index in [2.05, 4.69) is 20.9 Å². The van der Waals surface area contributed by atoms with Gasteiger partial charge in [-0.3, -0.25) is 15.5 Å². The van der Waals surface area contributed by atoms with Crippen LogP contribution in [-0.4, -0.2) is 33.0 Å². The lowest BCUT2D eigenvalue weighted by atomic mass is 10.2. The summed E-state index contributed by atoms with van der Waals surface area (Å²) in [4.78, 5) is 12.3. The lowest BCUT2D eigenvalue weighted by Gasteiger charge is -2.13. The zero-order valence-electron chi connectivity index (χ0n) is 15.4. The summed E-state index contributed by atoms with van der Waals surface area (Å²) in [5.41, 5.74) is 4.62. The van der Waals surface area contributed by atoms with Gasteiger partial charge in [-0.15, -0.1) is 10.2 Å². The number of amides is 1. The molecule has 0 fully saturated rings. The monoisotopic (exact) mass is 413 g/mol. The van der Waals surface area contributed by atoms with E-state index in [0.717, 1.165) is 5.75 Å². The van der Waals surface area contributed by atoms with Crippen molar-refractivity contribution in [2.45, 2.75) is 17.8 Å². The molecule has 2 aromatic carbocycles. The molecule has 3 rings (SSSR count). The van der Waals surface area contributed by atoms with Gasteiger partial charge in [0.25, 0.3) is 5.91 Å². The molecule has 2 N–H and O–H groups in total. The predicted octanol–water partition coefficient (Wildman–Crippen LogP) is 3.15. The second kappa shape index (κ2) is 9.34. The van der Waals surface area contributed by atoms with Crippen molar-refractivity contribution >= 4 is 35.0 Å².